The topological polar surface area (TPSA) is 44.5 Å². The van der Waals surface area contributed by atoms with Gasteiger partial charge in [-0.2, -0.15) is 0 Å². The van der Waals surface area contributed by atoms with Crippen molar-refractivity contribution in [3.63, 3.8) is 0 Å². The maximum atomic E-state index is 5.68. The van der Waals surface area contributed by atoms with Gasteiger partial charge in [-0.1, -0.05) is 13.0 Å². The molecule has 0 aliphatic carbocycles. The van der Waals surface area contributed by atoms with Crippen molar-refractivity contribution < 1.29 is 9.47 Å². The largest absolute Gasteiger partial charge is 0.493 e. The minimum atomic E-state index is 0.631. The second-order valence-electron chi connectivity index (χ2n) is 3.76. The van der Waals surface area contributed by atoms with Crippen molar-refractivity contribution in [1.29, 1.82) is 0 Å². The molecule has 1 aromatic rings. The first-order valence-electron chi connectivity index (χ1n) is 5.75. The van der Waals surface area contributed by atoms with E-state index >= 15 is 0 Å². The first kappa shape index (κ1) is 13.0. The first-order chi connectivity index (χ1) is 7.81. The third-order valence-corrected chi connectivity index (χ3v) is 2.31. The van der Waals surface area contributed by atoms with E-state index in [9.17, 15) is 0 Å². The van der Waals surface area contributed by atoms with Crippen LogP contribution in [0.2, 0.25) is 0 Å². The van der Waals surface area contributed by atoms with Crippen LogP contribution in [0, 0.1) is 0 Å². The molecule has 0 aliphatic rings. The van der Waals surface area contributed by atoms with Gasteiger partial charge in [0.1, 0.15) is 5.75 Å². The van der Waals surface area contributed by atoms with E-state index in [1.54, 1.807) is 7.11 Å². The normalized spacial score (nSPS) is 10.4. The molecule has 0 aromatic heterocycles. The van der Waals surface area contributed by atoms with Crippen molar-refractivity contribution in [1.82, 2.24) is 0 Å². The fourth-order valence-corrected chi connectivity index (χ4v) is 1.59. The van der Waals surface area contributed by atoms with Crippen LogP contribution >= 0.6 is 0 Å². The molecule has 0 heterocycles. The molecule has 0 unspecified atom stereocenters. The highest BCUT2D eigenvalue weighted by molar-refractivity contribution is 5.37. The van der Waals surface area contributed by atoms with Gasteiger partial charge in [0, 0.05) is 7.11 Å². The molecule has 0 spiro atoms. The summed E-state index contributed by atoms with van der Waals surface area (Å²) in [6.45, 7) is 4.12. The predicted octanol–water partition coefficient (Wildman–Crippen LogP) is 2.12. The van der Waals surface area contributed by atoms with Crippen molar-refractivity contribution in [2.75, 3.05) is 20.3 Å². The van der Waals surface area contributed by atoms with Crippen LogP contribution in [0.1, 0.15) is 24.5 Å². The highest BCUT2D eigenvalue weighted by Crippen LogP contribution is 2.21. The number of ether oxygens (including phenoxy) is 2. The molecule has 16 heavy (non-hydrogen) atoms. The molecule has 1 aromatic carbocycles. The van der Waals surface area contributed by atoms with E-state index in [4.69, 9.17) is 15.2 Å². The molecule has 0 radical (unpaired) electrons. The van der Waals surface area contributed by atoms with Gasteiger partial charge in [-0.05, 0) is 42.6 Å². The number of nitrogens with two attached hydrogens (primary N) is 1. The Kier molecular flexibility index (Phi) is 5.90. The van der Waals surface area contributed by atoms with E-state index in [0.717, 1.165) is 30.8 Å². The molecule has 90 valence electrons. The van der Waals surface area contributed by atoms with Gasteiger partial charge in [0.25, 0.3) is 0 Å². The Labute approximate surface area is 97.6 Å². The summed E-state index contributed by atoms with van der Waals surface area (Å²) < 4.78 is 10.8. The van der Waals surface area contributed by atoms with E-state index in [2.05, 4.69) is 13.0 Å². The van der Waals surface area contributed by atoms with Crippen molar-refractivity contribution >= 4 is 0 Å². The molecule has 3 nitrogen and oxygen atoms in total. The Morgan fingerprint density at radius 3 is 2.75 bits per heavy atom. The molecular weight excluding hydrogens is 202 g/mol. The van der Waals surface area contributed by atoms with E-state index < -0.39 is 0 Å². The van der Waals surface area contributed by atoms with Gasteiger partial charge in [-0.25, -0.2) is 0 Å². The van der Waals surface area contributed by atoms with Gasteiger partial charge in [0.05, 0.1) is 13.2 Å². The lowest BCUT2D eigenvalue weighted by Gasteiger charge is -2.12. The van der Waals surface area contributed by atoms with Crippen LogP contribution in [-0.2, 0) is 17.8 Å². The SMILES string of the molecule is CCCOc1ccc(COC)cc1CCN. The fraction of sp³-hybridized carbons (Fsp3) is 0.538. The number of methoxy groups -OCH3 is 1. The van der Waals surface area contributed by atoms with Crippen molar-refractivity contribution in [2.24, 2.45) is 5.73 Å². The average molecular weight is 223 g/mol. The van der Waals surface area contributed by atoms with Crippen LogP contribution in [0.15, 0.2) is 18.2 Å². The van der Waals surface area contributed by atoms with Gasteiger partial charge < -0.3 is 15.2 Å². The second kappa shape index (κ2) is 7.25. The summed E-state index contributed by atoms with van der Waals surface area (Å²) in [6.07, 6.45) is 1.86. The summed E-state index contributed by atoms with van der Waals surface area (Å²) in [5.74, 6) is 0.951. The molecule has 0 aliphatic heterocycles. The lowest BCUT2D eigenvalue weighted by Crippen LogP contribution is -2.06. The van der Waals surface area contributed by atoms with Crippen LogP contribution in [0.25, 0.3) is 0 Å². The van der Waals surface area contributed by atoms with Gasteiger partial charge in [0.2, 0.25) is 0 Å². The molecule has 0 fully saturated rings. The third-order valence-electron chi connectivity index (χ3n) is 2.31. The molecule has 0 atom stereocenters. The molecule has 0 bridgehead atoms. The number of rotatable bonds is 7. The van der Waals surface area contributed by atoms with Gasteiger partial charge in [0.15, 0.2) is 0 Å². The minimum absolute atomic E-state index is 0.631. The highest BCUT2D eigenvalue weighted by atomic mass is 16.5. The predicted molar refractivity (Wildman–Crippen MR) is 65.7 cm³/mol. The zero-order valence-electron chi connectivity index (χ0n) is 10.2. The minimum Gasteiger partial charge on any atom is -0.493 e. The summed E-state index contributed by atoms with van der Waals surface area (Å²) in [5.41, 5.74) is 7.93. The van der Waals surface area contributed by atoms with Crippen molar-refractivity contribution in [3.8, 4) is 5.75 Å². The Balaban J connectivity index is 2.80. The maximum absolute atomic E-state index is 5.68. The quantitative estimate of drug-likeness (QED) is 0.770. The van der Waals surface area contributed by atoms with Crippen molar-refractivity contribution in [2.45, 2.75) is 26.4 Å². The molecule has 0 saturated carbocycles. The summed E-state index contributed by atoms with van der Waals surface area (Å²) in [6, 6.07) is 6.16. The van der Waals surface area contributed by atoms with E-state index in [1.807, 2.05) is 12.1 Å². The fourth-order valence-electron chi connectivity index (χ4n) is 1.59. The molecule has 3 heteroatoms. The molecule has 0 saturated heterocycles. The summed E-state index contributed by atoms with van der Waals surface area (Å²) in [7, 11) is 1.70. The van der Waals surface area contributed by atoms with Crippen molar-refractivity contribution in [3.05, 3.63) is 29.3 Å². The summed E-state index contributed by atoms with van der Waals surface area (Å²) in [4.78, 5) is 0. The Hall–Kier alpha value is -1.06. The molecule has 0 amide bonds. The number of hydrogen-bond acceptors (Lipinski definition) is 3. The molecular formula is C13H21NO2. The van der Waals surface area contributed by atoms with Gasteiger partial charge in [-0.15, -0.1) is 0 Å². The number of hydrogen-bond donors (Lipinski definition) is 1. The molecule has 1 rings (SSSR count). The van der Waals surface area contributed by atoms with E-state index in [1.165, 1.54) is 5.56 Å². The average Bonchev–Trinajstić information content (AvgIpc) is 2.29. The Bertz CT molecular complexity index is 313. The van der Waals surface area contributed by atoms with E-state index in [0.29, 0.717) is 13.2 Å². The smallest absolute Gasteiger partial charge is 0.122 e. The summed E-state index contributed by atoms with van der Waals surface area (Å²) >= 11 is 0. The van der Waals surface area contributed by atoms with E-state index in [-0.39, 0.29) is 0 Å². The first-order valence-corrected chi connectivity index (χ1v) is 5.75. The third kappa shape index (κ3) is 3.83. The zero-order valence-corrected chi connectivity index (χ0v) is 10.2. The Morgan fingerprint density at radius 1 is 1.31 bits per heavy atom. The van der Waals surface area contributed by atoms with Gasteiger partial charge >= 0.3 is 0 Å². The monoisotopic (exact) mass is 223 g/mol. The zero-order chi connectivity index (χ0) is 11.8. The highest BCUT2D eigenvalue weighted by Gasteiger charge is 2.04. The van der Waals surface area contributed by atoms with Crippen LogP contribution in [0.5, 0.6) is 5.75 Å². The van der Waals surface area contributed by atoms with Crippen LogP contribution in [0.4, 0.5) is 0 Å². The second-order valence-corrected chi connectivity index (χ2v) is 3.76. The lowest BCUT2D eigenvalue weighted by atomic mass is 10.1. The van der Waals surface area contributed by atoms with Crippen LogP contribution < -0.4 is 10.5 Å². The van der Waals surface area contributed by atoms with Crippen LogP contribution in [-0.4, -0.2) is 20.3 Å². The van der Waals surface area contributed by atoms with Crippen LogP contribution in [0.3, 0.4) is 0 Å². The van der Waals surface area contributed by atoms with Gasteiger partial charge in [-0.3, -0.25) is 0 Å². The lowest BCUT2D eigenvalue weighted by molar-refractivity contribution is 0.184. The molecule has 2 N–H and O–H groups in total. The number of benzene rings is 1. The standard InChI is InChI=1S/C13H21NO2/c1-3-8-16-13-5-4-11(10-15-2)9-12(13)6-7-14/h4-5,9H,3,6-8,10,14H2,1-2H3. The summed E-state index contributed by atoms with van der Waals surface area (Å²) in [5, 5.41) is 0. The maximum Gasteiger partial charge on any atom is 0.122 e. The Morgan fingerprint density at radius 2 is 2.12 bits per heavy atom.